The van der Waals surface area contributed by atoms with E-state index in [1.54, 1.807) is 6.20 Å². The first kappa shape index (κ1) is 16.5. The molecule has 1 aliphatic rings. The molecule has 6 nitrogen and oxygen atoms in total. The molecule has 0 aliphatic carbocycles. The lowest BCUT2D eigenvalue weighted by Crippen LogP contribution is -2.29. The molecule has 6 heteroatoms. The maximum Gasteiger partial charge on any atom is 0.329 e. The van der Waals surface area contributed by atoms with Crippen LogP contribution in [0.2, 0.25) is 0 Å². The van der Waals surface area contributed by atoms with E-state index in [9.17, 15) is 4.79 Å². The van der Waals surface area contributed by atoms with Crippen LogP contribution in [-0.2, 0) is 11.2 Å². The van der Waals surface area contributed by atoms with Gasteiger partial charge in [0.15, 0.2) is 0 Å². The van der Waals surface area contributed by atoms with Gasteiger partial charge in [-0.2, -0.15) is 4.98 Å². The van der Waals surface area contributed by atoms with Crippen LogP contribution < -0.4 is 10.1 Å². The van der Waals surface area contributed by atoms with E-state index in [2.05, 4.69) is 22.4 Å². The number of rotatable bonds is 6. The molecule has 0 saturated carbocycles. The van der Waals surface area contributed by atoms with Gasteiger partial charge in [0.25, 0.3) is 0 Å². The predicted molar refractivity (Wildman–Crippen MR) is 90.5 cm³/mol. The average Bonchev–Trinajstić information content (AvgIpc) is 3.28. The monoisotopic (exact) mass is 329 g/mol. The SMILES string of the molecule is COc1nc(C2CCOC2)cn1C(=O)NCCCc1ccccc1. The Bertz CT molecular complexity index is 663. The Kier molecular flexibility index (Phi) is 5.48. The Morgan fingerprint density at radius 1 is 1.42 bits per heavy atom. The summed E-state index contributed by atoms with van der Waals surface area (Å²) in [6.45, 7) is 2.00. The Balaban J connectivity index is 1.54. The van der Waals surface area contributed by atoms with Crippen LogP contribution in [0.15, 0.2) is 36.5 Å². The fourth-order valence-electron chi connectivity index (χ4n) is 2.85. The zero-order valence-electron chi connectivity index (χ0n) is 13.9. The highest BCUT2D eigenvalue weighted by Gasteiger charge is 2.24. The fourth-order valence-corrected chi connectivity index (χ4v) is 2.85. The van der Waals surface area contributed by atoms with Gasteiger partial charge in [0.05, 0.1) is 19.4 Å². The molecule has 2 heterocycles. The molecule has 1 N–H and O–H groups in total. The highest BCUT2D eigenvalue weighted by atomic mass is 16.5. The molecule has 1 amide bonds. The van der Waals surface area contributed by atoms with Crippen molar-refractivity contribution in [3.63, 3.8) is 0 Å². The van der Waals surface area contributed by atoms with Crippen LogP contribution in [0, 0.1) is 0 Å². The van der Waals surface area contributed by atoms with Crippen molar-refractivity contribution in [3.8, 4) is 6.01 Å². The summed E-state index contributed by atoms with van der Waals surface area (Å²) in [5.41, 5.74) is 2.12. The minimum absolute atomic E-state index is 0.211. The predicted octanol–water partition coefficient (Wildman–Crippen LogP) is 2.59. The molecule has 1 aliphatic heterocycles. The quantitative estimate of drug-likeness (QED) is 0.827. The lowest BCUT2D eigenvalue weighted by atomic mass is 10.1. The molecule has 1 aromatic carbocycles. The molecule has 1 fully saturated rings. The summed E-state index contributed by atoms with van der Waals surface area (Å²) >= 11 is 0. The van der Waals surface area contributed by atoms with Gasteiger partial charge in [-0.15, -0.1) is 0 Å². The normalized spacial score (nSPS) is 17.0. The van der Waals surface area contributed by atoms with Crippen molar-refractivity contribution in [2.24, 2.45) is 0 Å². The van der Waals surface area contributed by atoms with Crippen LogP contribution in [0.5, 0.6) is 6.01 Å². The number of hydrogen-bond donors (Lipinski definition) is 1. The van der Waals surface area contributed by atoms with E-state index < -0.39 is 0 Å². The molecule has 1 atom stereocenters. The lowest BCUT2D eigenvalue weighted by Gasteiger charge is -2.07. The Morgan fingerprint density at radius 3 is 2.96 bits per heavy atom. The Hall–Kier alpha value is -2.34. The third-order valence-electron chi connectivity index (χ3n) is 4.20. The van der Waals surface area contributed by atoms with Crippen molar-refractivity contribution in [1.29, 1.82) is 0 Å². The first-order chi connectivity index (χ1) is 11.8. The van der Waals surface area contributed by atoms with Gasteiger partial charge in [-0.3, -0.25) is 0 Å². The maximum atomic E-state index is 12.4. The van der Waals surface area contributed by atoms with Gasteiger partial charge in [0.1, 0.15) is 0 Å². The van der Waals surface area contributed by atoms with E-state index in [0.29, 0.717) is 19.2 Å². The van der Waals surface area contributed by atoms with Crippen molar-refractivity contribution in [1.82, 2.24) is 14.9 Å². The number of carbonyl (C=O) groups excluding carboxylic acids is 1. The average molecular weight is 329 g/mol. The number of amides is 1. The molecule has 1 aromatic heterocycles. The smallest absolute Gasteiger partial charge is 0.329 e. The Morgan fingerprint density at radius 2 is 2.25 bits per heavy atom. The zero-order chi connectivity index (χ0) is 16.8. The third-order valence-corrected chi connectivity index (χ3v) is 4.20. The second kappa shape index (κ2) is 7.97. The van der Waals surface area contributed by atoms with Crippen molar-refractivity contribution >= 4 is 6.03 Å². The van der Waals surface area contributed by atoms with Gasteiger partial charge in [-0.05, 0) is 24.8 Å². The van der Waals surface area contributed by atoms with Crippen LogP contribution in [0.1, 0.15) is 30.0 Å². The number of hydrogen-bond acceptors (Lipinski definition) is 4. The standard InChI is InChI=1S/C18H23N3O3/c1-23-18-20-16(15-9-11-24-13-15)12-21(18)17(22)19-10-5-8-14-6-3-2-4-7-14/h2-4,6-7,12,15H,5,8-11,13H2,1H3,(H,19,22). The van der Waals surface area contributed by atoms with Gasteiger partial charge in [-0.1, -0.05) is 30.3 Å². The number of nitrogens with one attached hydrogen (secondary N) is 1. The van der Waals surface area contributed by atoms with E-state index in [1.165, 1.54) is 17.2 Å². The topological polar surface area (TPSA) is 65.4 Å². The summed E-state index contributed by atoms with van der Waals surface area (Å²) in [7, 11) is 1.52. The lowest BCUT2D eigenvalue weighted by molar-refractivity contribution is 0.193. The van der Waals surface area contributed by atoms with Crippen molar-refractivity contribution < 1.29 is 14.3 Å². The molecule has 1 saturated heterocycles. The number of ether oxygens (including phenoxy) is 2. The zero-order valence-corrected chi connectivity index (χ0v) is 13.9. The van der Waals surface area contributed by atoms with Crippen molar-refractivity contribution in [2.45, 2.75) is 25.2 Å². The molecule has 24 heavy (non-hydrogen) atoms. The number of aromatic nitrogens is 2. The number of nitrogens with zero attached hydrogens (tertiary/aromatic N) is 2. The second-order valence-corrected chi connectivity index (χ2v) is 5.90. The number of imidazole rings is 1. The summed E-state index contributed by atoms with van der Waals surface area (Å²) in [6.07, 6.45) is 4.51. The van der Waals surface area contributed by atoms with E-state index in [-0.39, 0.29) is 11.9 Å². The molecule has 0 spiro atoms. The van der Waals surface area contributed by atoms with Crippen molar-refractivity contribution in [2.75, 3.05) is 26.9 Å². The minimum Gasteiger partial charge on any atom is -0.468 e. The van der Waals surface area contributed by atoms with E-state index >= 15 is 0 Å². The van der Waals surface area contributed by atoms with Gasteiger partial charge in [-0.25, -0.2) is 9.36 Å². The van der Waals surface area contributed by atoms with Gasteiger partial charge in [0.2, 0.25) is 0 Å². The molecule has 1 unspecified atom stereocenters. The summed E-state index contributed by atoms with van der Waals surface area (Å²) in [5, 5.41) is 2.92. The maximum absolute atomic E-state index is 12.4. The highest BCUT2D eigenvalue weighted by Crippen LogP contribution is 2.26. The van der Waals surface area contributed by atoms with Gasteiger partial charge >= 0.3 is 12.0 Å². The molecular formula is C18H23N3O3. The van der Waals surface area contributed by atoms with E-state index in [1.807, 2.05) is 18.2 Å². The highest BCUT2D eigenvalue weighted by molar-refractivity contribution is 5.78. The molecule has 0 bridgehead atoms. The first-order valence-electron chi connectivity index (χ1n) is 8.31. The van der Waals surface area contributed by atoms with Crippen LogP contribution in [0.25, 0.3) is 0 Å². The summed E-state index contributed by atoms with van der Waals surface area (Å²) in [4.78, 5) is 16.8. The summed E-state index contributed by atoms with van der Waals surface area (Å²) in [6, 6.07) is 10.4. The number of benzene rings is 1. The van der Waals surface area contributed by atoms with Crippen LogP contribution in [-0.4, -0.2) is 42.5 Å². The number of methoxy groups -OCH3 is 1. The van der Waals surface area contributed by atoms with Crippen molar-refractivity contribution in [3.05, 3.63) is 47.8 Å². The van der Waals surface area contributed by atoms with Crippen LogP contribution in [0.4, 0.5) is 4.79 Å². The minimum atomic E-state index is -0.211. The van der Waals surface area contributed by atoms with E-state index in [4.69, 9.17) is 9.47 Å². The molecule has 128 valence electrons. The van der Waals surface area contributed by atoms with E-state index in [0.717, 1.165) is 31.6 Å². The molecule has 3 rings (SSSR count). The second-order valence-electron chi connectivity index (χ2n) is 5.90. The van der Waals surface area contributed by atoms with Crippen LogP contribution in [0.3, 0.4) is 0 Å². The van der Waals surface area contributed by atoms with Gasteiger partial charge < -0.3 is 14.8 Å². The fraction of sp³-hybridized carbons (Fsp3) is 0.444. The largest absolute Gasteiger partial charge is 0.468 e. The van der Waals surface area contributed by atoms with Crippen LogP contribution >= 0.6 is 0 Å². The Labute approximate surface area is 141 Å². The summed E-state index contributed by atoms with van der Waals surface area (Å²) < 4.78 is 12.1. The number of carbonyl (C=O) groups is 1. The van der Waals surface area contributed by atoms with Gasteiger partial charge in [0, 0.05) is 25.3 Å². The summed E-state index contributed by atoms with van der Waals surface area (Å²) in [5.74, 6) is 0.242. The molecule has 0 radical (unpaired) electrons. The molecular weight excluding hydrogens is 306 g/mol. The molecule has 2 aromatic rings. The number of aryl methyl sites for hydroxylation is 1. The first-order valence-corrected chi connectivity index (χ1v) is 8.31. The third kappa shape index (κ3) is 3.94.